The predicted octanol–water partition coefficient (Wildman–Crippen LogP) is 2.48. The van der Waals surface area contributed by atoms with E-state index in [1.165, 1.54) is 0 Å². The van der Waals surface area contributed by atoms with Crippen molar-refractivity contribution >= 4 is 27.5 Å². The van der Waals surface area contributed by atoms with Crippen molar-refractivity contribution in [3.8, 4) is 0 Å². The van der Waals surface area contributed by atoms with Crippen LogP contribution in [0.25, 0.3) is 0 Å². The van der Waals surface area contributed by atoms with Crippen LogP contribution in [0.4, 0.5) is 5.69 Å². The molecule has 0 saturated heterocycles. The van der Waals surface area contributed by atoms with E-state index >= 15 is 0 Å². The van der Waals surface area contributed by atoms with Gasteiger partial charge in [0, 0.05) is 22.2 Å². The Morgan fingerprint density at radius 1 is 1.39 bits per heavy atom. The molecule has 5 heteroatoms. The highest BCUT2D eigenvalue weighted by molar-refractivity contribution is 9.10. The van der Waals surface area contributed by atoms with Crippen LogP contribution in [0.5, 0.6) is 0 Å². The van der Waals surface area contributed by atoms with Crippen molar-refractivity contribution in [3.05, 3.63) is 28.2 Å². The fourth-order valence-corrected chi connectivity index (χ4v) is 2.18. The minimum Gasteiger partial charge on any atom is -0.383 e. The molecule has 0 radical (unpaired) electrons. The molecule has 0 fully saturated rings. The molecule has 0 unspecified atom stereocenters. The summed E-state index contributed by atoms with van der Waals surface area (Å²) in [6, 6.07) is 5.37. The standard InChI is InChI=1S/C13H20BrN3O/c1-3-13(16,4-2)8-17-9-5-6-10(12(15)18)11(14)7-9/h5-7,17H,3-4,8,16H2,1-2H3,(H2,15,18). The van der Waals surface area contributed by atoms with Crippen LogP contribution >= 0.6 is 15.9 Å². The monoisotopic (exact) mass is 313 g/mol. The van der Waals surface area contributed by atoms with Gasteiger partial charge in [0.15, 0.2) is 0 Å². The van der Waals surface area contributed by atoms with Crippen LogP contribution in [0.3, 0.4) is 0 Å². The van der Waals surface area contributed by atoms with Crippen molar-refractivity contribution < 1.29 is 4.79 Å². The van der Waals surface area contributed by atoms with Crippen molar-refractivity contribution in [3.63, 3.8) is 0 Å². The SMILES string of the molecule is CCC(N)(CC)CNc1ccc(C(N)=O)c(Br)c1. The number of carbonyl (C=O) groups is 1. The minimum absolute atomic E-state index is 0.200. The molecule has 0 bridgehead atoms. The number of amides is 1. The van der Waals surface area contributed by atoms with Gasteiger partial charge in [0.2, 0.25) is 5.91 Å². The van der Waals surface area contributed by atoms with E-state index in [2.05, 4.69) is 35.1 Å². The van der Waals surface area contributed by atoms with E-state index in [0.29, 0.717) is 16.6 Å². The van der Waals surface area contributed by atoms with Gasteiger partial charge in [-0.1, -0.05) is 13.8 Å². The molecule has 4 nitrogen and oxygen atoms in total. The van der Waals surface area contributed by atoms with Gasteiger partial charge in [-0.25, -0.2) is 0 Å². The molecule has 5 N–H and O–H groups in total. The number of nitrogens with one attached hydrogen (secondary N) is 1. The highest BCUT2D eigenvalue weighted by atomic mass is 79.9. The molecule has 0 aliphatic heterocycles. The van der Waals surface area contributed by atoms with Crippen molar-refractivity contribution in [2.24, 2.45) is 11.5 Å². The van der Waals surface area contributed by atoms with Gasteiger partial charge in [-0.15, -0.1) is 0 Å². The molecule has 0 aromatic heterocycles. The Balaban J connectivity index is 2.75. The van der Waals surface area contributed by atoms with Crippen LogP contribution in [0, 0.1) is 0 Å². The van der Waals surface area contributed by atoms with Crippen LogP contribution in [0.1, 0.15) is 37.0 Å². The molecule has 0 atom stereocenters. The Bertz CT molecular complexity index is 430. The second-order valence-corrected chi connectivity index (χ2v) is 5.34. The van der Waals surface area contributed by atoms with E-state index in [4.69, 9.17) is 11.5 Å². The summed E-state index contributed by atoms with van der Waals surface area (Å²) in [5, 5.41) is 3.29. The average Bonchev–Trinajstić information content (AvgIpc) is 2.35. The van der Waals surface area contributed by atoms with Crippen LogP contribution < -0.4 is 16.8 Å². The van der Waals surface area contributed by atoms with Crippen molar-refractivity contribution in [2.45, 2.75) is 32.2 Å². The van der Waals surface area contributed by atoms with E-state index in [-0.39, 0.29) is 5.54 Å². The zero-order valence-corrected chi connectivity index (χ0v) is 12.4. The van der Waals surface area contributed by atoms with Crippen LogP contribution in [0.2, 0.25) is 0 Å². The lowest BCUT2D eigenvalue weighted by molar-refractivity contribution is 0.0999. The van der Waals surface area contributed by atoms with E-state index < -0.39 is 5.91 Å². The first kappa shape index (κ1) is 15.0. The Kier molecular flexibility index (Phi) is 5.16. The van der Waals surface area contributed by atoms with Crippen LogP contribution in [0.15, 0.2) is 22.7 Å². The third-order valence-corrected chi connectivity index (χ3v) is 3.94. The summed E-state index contributed by atoms with van der Waals surface area (Å²) < 4.78 is 0.690. The summed E-state index contributed by atoms with van der Waals surface area (Å²) >= 11 is 3.33. The van der Waals surface area contributed by atoms with Gasteiger partial charge in [-0.3, -0.25) is 4.79 Å². The first-order chi connectivity index (χ1) is 8.41. The third kappa shape index (κ3) is 3.71. The van der Waals surface area contributed by atoms with Gasteiger partial charge in [0.1, 0.15) is 0 Å². The van der Waals surface area contributed by atoms with Gasteiger partial charge >= 0.3 is 0 Å². The number of anilines is 1. The summed E-state index contributed by atoms with van der Waals surface area (Å²) in [4.78, 5) is 11.1. The van der Waals surface area contributed by atoms with Gasteiger partial charge in [0.25, 0.3) is 0 Å². The van der Waals surface area contributed by atoms with Gasteiger partial charge in [-0.05, 0) is 47.0 Å². The van der Waals surface area contributed by atoms with Crippen molar-refractivity contribution in [1.82, 2.24) is 0 Å². The predicted molar refractivity (Wildman–Crippen MR) is 78.7 cm³/mol. The molecule has 1 aromatic carbocycles. The Labute approximate surface area is 116 Å². The lowest BCUT2D eigenvalue weighted by atomic mass is 9.94. The van der Waals surface area contributed by atoms with Gasteiger partial charge in [-0.2, -0.15) is 0 Å². The first-order valence-electron chi connectivity index (χ1n) is 6.04. The average molecular weight is 314 g/mol. The summed E-state index contributed by atoms with van der Waals surface area (Å²) in [5.74, 6) is -0.441. The maximum absolute atomic E-state index is 11.1. The minimum atomic E-state index is -0.441. The maximum Gasteiger partial charge on any atom is 0.249 e. The van der Waals surface area contributed by atoms with Gasteiger partial charge in [0.05, 0.1) is 5.56 Å². The molecule has 1 rings (SSSR count). The molecule has 0 saturated carbocycles. The summed E-state index contributed by atoms with van der Waals surface area (Å²) in [7, 11) is 0. The zero-order valence-electron chi connectivity index (χ0n) is 10.8. The Hall–Kier alpha value is -1.07. The smallest absolute Gasteiger partial charge is 0.249 e. The molecule has 0 aliphatic rings. The molecule has 18 heavy (non-hydrogen) atoms. The topological polar surface area (TPSA) is 81.1 Å². The number of halogens is 1. The molecule has 1 aromatic rings. The lowest BCUT2D eigenvalue weighted by Crippen LogP contribution is -2.45. The summed E-state index contributed by atoms with van der Waals surface area (Å²) in [6.45, 7) is 4.86. The van der Waals surface area contributed by atoms with Crippen molar-refractivity contribution in [2.75, 3.05) is 11.9 Å². The quantitative estimate of drug-likeness (QED) is 0.754. The van der Waals surface area contributed by atoms with Gasteiger partial charge < -0.3 is 16.8 Å². The lowest BCUT2D eigenvalue weighted by Gasteiger charge is -2.27. The molecule has 0 spiro atoms. The number of hydrogen-bond acceptors (Lipinski definition) is 3. The molecule has 1 amide bonds. The molecule has 0 heterocycles. The summed E-state index contributed by atoms with van der Waals surface area (Å²) in [5.41, 5.74) is 12.7. The van der Waals surface area contributed by atoms with E-state index in [1.54, 1.807) is 6.07 Å². The number of nitrogens with two attached hydrogens (primary N) is 2. The summed E-state index contributed by atoms with van der Waals surface area (Å²) in [6.07, 6.45) is 1.83. The number of rotatable bonds is 6. The Morgan fingerprint density at radius 2 is 2.00 bits per heavy atom. The second-order valence-electron chi connectivity index (χ2n) is 4.48. The van der Waals surface area contributed by atoms with Crippen LogP contribution in [-0.2, 0) is 0 Å². The zero-order chi connectivity index (χ0) is 13.8. The highest BCUT2D eigenvalue weighted by Crippen LogP contribution is 2.22. The highest BCUT2D eigenvalue weighted by Gasteiger charge is 2.19. The van der Waals surface area contributed by atoms with E-state index in [0.717, 1.165) is 18.5 Å². The van der Waals surface area contributed by atoms with Crippen molar-refractivity contribution in [1.29, 1.82) is 0 Å². The Morgan fingerprint density at radius 3 is 2.44 bits per heavy atom. The normalized spacial score (nSPS) is 11.3. The largest absolute Gasteiger partial charge is 0.383 e. The van der Waals surface area contributed by atoms with E-state index in [1.807, 2.05) is 12.1 Å². The number of hydrogen-bond donors (Lipinski definition) is 3. The van der Waals surface area contributed by atoms with Crippen LogP contribution in [-0.4, -0.2) is 18.0 Å². The number of benzene rings is 1. The fraction of sp³-hybridized carbons (Fsp3) is 0.462. The molecular weight excluding hydrogens is 294 g/mol. The van der Waals surface area contributed by atoms with E-state index in [9.17, 15) is 4.79 Å². The number of primary amides is 1. The molecule has 100 valence electrons. The molecule has 0 aliphatic carbocycles. The molecular formula is C13H20BrN3O. The fourth-order valence-electron chi connectivity index (χ4n) is 1.60. The third-order valence-electron chi connectivity index (χ3n) is 3.29. The second kappa shape index (κ2) is 6.20. The number of carbonyl (C=O) groups excluding carboxylic acids is 1. The maximum atomic E-state index is 11.1. The first-order valence-corrected chi connectivity index (χ1v) is 6.83.